The summed E-state index contributed by atoms with van der Waals surface area (Å²) in [5.41, 5.74) is 2.56. The molecule has 0 fully saturated rings. The minimum Gasteiger partial charge on any atom is -0.454 e. The average Bonchev–Trinajstić information content (AvgIpc) is 2.82. The van der Waals surface area contributed by atoms with Gasteiger partial charge >= 0.3 is 11.9 Å². The first-order valence-corrected chi connectivity index (χ1v) is 13.3. The number of benzene rings is 2. The normalized spacial score (nSPS) is 12.3. The minimum atomic E-state index is -0.659. The lowest BCUT2D eigenvalue weighted by molar-refractivity contribution is -0.160. The van der Waals surface area contributed by atoms with E-state index in [9.17, 15) is 9.59 Å². The molecule has 0 aliphatic carbocycles. The number of rotatable bonds is 14. The van der Waals surface area contributed by atoms with E-state index in [-0.39, 0.29) is 0 Å². The Morgan fingerprint density at radius 3 is 1.43 bits per heavy atom. The zero-order chi connectivity index (χ0) is 27.5. The third-order valence-electron chi connectivity index (χ3n) is 5.27. The summed E-state index contributed by atoms with van der Waals surface area (Å²) in [5, 5.41) is 0. The fourth-order valence-corrected chi connectivity index (χ4v) is 4.27. The van der Waals surface area contributed by atoms with E-state index >= 15 is 0 Å². The highest BCUT2D eigenvalue weighted by Gasteiger charge is 2.18. The Bertz CT molecular complexity index is 1040. The molecule has 2 rings (SSSR count). The Morgan fingerprint density at radius 1 is 0.757 bits per heavy atom. The van der Waals surface area contributed by atoms with Crippen LogP contribution in [0, 0.1) is 13.8 Å². The molecule has 6 nitrogen and oxygen atoms in total. The quantitative estimate of drug-likeness (QED) is 0.142. The van der Waals surface area contributed by atoms with Crippen LogP contribution in [0.3, 0.4) is 0 Å². The van der Waals surface area contributed by atoms with Crippen LogP contribution in [0.25, 0.3) is 0 Å². The lowest BCUT2D eigenvalue weighted by Crippen LogP contribution is -2.24. The second kappa shape index (κ2) is 14.5. The van der Waals surface area contributed by atoms with Gasteiger partial charge in [-0.2, -0.15) is 0 Å². The molecule has 0 saturated heterocycles. The molecule has 0 aliphatic heterocycles. The molecule has 200 valence electrons. The number of aryl methyl sites for hydroxylation is 2. The maximum absolute atomic E-state index is 11.9. The first kappa shape index (κ1) is 30.0. The van der Waals surface area contributed by atoms with Crippen LogP contribution in [0.15, 0.2) is 70.5 Å². The highest BCUT2D eigenvalue weighted by molar-refractivity contribution is 7.99. The van der Waals surface area contributed by atoms with E-state index in [1.807, 2.05) is 64.1 Å². The fourth-order valence-electron chi connectivity index (χ4n) is 3.25. The SMILES string of the molecule is C=C(C)C(=O)OC(CCC)Oc1ccc(Sc2ccc(OC(CCC)OC(=O)C(=C)C)c(C)c2)cc1C. The van der Waals surface area contributed by atoms with E-state index in [0.29, 0.717) is 35.5 Å². The molecule has 0 spiro atoms. The van der Waals surface area contributed by atoms with Gasteiger partial charge in [0, 0.05) is 33.8 Å². The van der Waals surface area contributed by atoms with Crippen LogP contribution < -0.4 is 9.47 Å². The number of carbonyl (C=O) groups is 2. The van der Waals surface area contributed by atoms with Gasteiger partial charge in [-0.05, 0) is 88.1 Å². The van der Waals surface area contributed by atoms with Crippen molar-refractivity contribution in [3.63, 3.8) is 0 Å². The first-order chi connectivity index (χ1) is 17.5. The summed E-state index contributed by atoms with van der Waals surface area (Å²) in [7, 11) is 0. The molecule has 37 heavy (non-hydrogen) atoms. The maximum Gasteiger partial charge on any atom is 0.336 e. The monoisotopic (exact) mass is 526 g/mol. The molecule has 2 unspecified atom stereocenters. The standard InChI is InChI=1S/C30H38O6S/c1-9-11-27(35-29(31)19(3)4)33-25-15-13-23(17-21(25)7)37-24-14-16-26(22(8)18-24)34-28(12-10-2)36-30(32)20(5)6/h13-18,27-28H,3,5,9-12H2,1-2,4,6-8H3. The largest absolute Gasteiger partial charge is 0.454 e. The van der Waals surface area contributed by atoms with Gasteiger partial charge < -0.3 is 18.9 Å². The second-order valence-electron chi connectivity index (χ2n) is 9.00. The van der Waals surface area contributed by atoms with Crippen molar-refractivity contribution in [2.24, 2.45) is 0 Å². The Kier molecular flexibility index (Phi) is 11.8. The van der Waals surface area contributed by atoms with Gasteiger partial charge in [0.05, 0.1) is 0 Å². The predicted molar refractivity (Wildman–Crippen MR) is 147 cm³/mol. The van der Waals surface area contributed by atoms with Crippen molar-refractivity contribution in [3.05, 3.63) is 71.8 Å². The molecule has 0 aliphatic rings. The number of carbonyl (C=O) groups excluding carboxylic acids is 2. The fraction of sp³-hybridized carbons (Fsp3) is 0.400. The molecule has 2 aromatic carbocycles. The van der Waals surface area contributed by atoms with E-state index in [0.717, 1.165) is 33.8 Å². The zero-order valence-electron chi connectivity index (χ0n) is 22.7. The Morgan fingerprint density at radius 2 is 1.14 bits per heavy atom. The molecular formula is C30H38O6S. The third kappa shape index (κ3) is 9.65. The van der Waals surface area contributed by atoms with E-state index in [2.05, 4.69) is 13.2 Å². The summed E-state index contributed by atoms with van der Waals surface area (Å²) in [6, 6.07) is 11.8. The highest BCUT2D eigenvalue weighted by Crippen LogP contribution is 2.34. The van der Waals surface area contributed by atoms with Crippen molar-refractivity contribution in [2.75, 3.05) is 0 Å². The summed E-state index contributed by atoms with van der Waals surface area (Å²) in [6.07, 6.45) is 1.49. The zero-order valence-corrected chi connectivity index (χ0v) is 23.5. The first-order valence-electron chi connectivity index (χ1n) is 12.5. The van der Waals surface area contributed by atoms with Crippen molar-refractivity contribution in [1.29, 1.82) is 0 Å². The topological polar surface area (TPSA) is 71.1 Å². The average molecular weight is 527 g/mol. The van der Waals surface area contributed by atoms with Crippen molar-refractivity contribution in [1.82, 2.24) is 0 Å². The number of ether oxygens (including phenoxy) is 4. The molecule has 0 radical (unpaired) electrons. The van der Waals surface area contributed by atoms with Gasteiger partial charge in [0.2, 0.25) is 12.6 Å². The van der Waals surface area contributed by atoms with Gasteiger partial charge in [0.25, 0.3) is 0 Å². The predicted octanol–water partition coefficient (Wildman–Crippen LogP) is 7.70. The van der Waals surface area contributed by atoms with Gasteiger partial charge in [-0.1, -0.05) is 38.8 Å². The van der Waals surface area contributed by atoms with Gasteiger partial charge in [-0.25, -0.2) is 9.59 Å². The Balaban J connectivity index is 2.09. The third-order valence-corrected chi connectivity index (χ3v) is 6.25. The van der Waals surface area contributed by atoms with Gasteiger partial charge in [-0.15, -0.1) is 0 Å². The van der Waals surface area contributed by atoms with Crippen LogP contribution in [0.1, 0.15) is 64.5 Å². The van der Waals surface area contributed by atoms with Crippen LogP contribution in [-0.4, -0.2) is 24.5 Å². The highest BCUT2D eigenvalue weighted by atomic mass is 32.2. The molecule has 0 heterocycles. The van der Waals surface area contributed by atoms with Gasteiger partial charge in [0.1, 0.15) is 11.5 Å². The number of esters is 2. The molecule has 0 bridgehead atoms. The number of hydrogen-bond acceptors (Lipinski definition) is 7. The van der Waals surface area contributed by atoms with Crippen LogP contribution in [-0.2, 0) is 19.1 Å². The van der Waals surface area contributed by atoms with Crippen LogP contribution in [0.5, 0.6) is 11.5 Å². The van der Waals surface area contributed by atoms with Crippen LogP contribution in [0.2, 0.25) is 0 Å². The van der Waals surface area contributed by atoms with Crippen molar-refractivity contribution in [2.45, 2.75) is 89.6 Å². The molecule has 2 aromatic rings. The maximum atomic E-state index is 11.9. The van der Waals surface area contributed by atoms with E-state index in [1.54, 1.807) is 25.6 Å². The second-order valence-corrected chi connectivity index (χ2v) is 10.1. The smallest absolute Gasteiger partial charge is 0.336 e. The van der Waals surface area contributed by atoms with Crippen molar-refractivity contribution in [3.8, 4) is 11.5 Å². The van der Waals surface area contributed by atoms with E-state index in [4.69, 9.17) is 18.9 Å². The molecule has 0 N–H and O–H groups in total. The Labute approximate surface area is 225 Å². The summed E-state index contributed by atoms with van der Waals surface area (Å²) < 4.78 is 22.8. The molecule has 7 heteroatoms. The summed E-state index contributed by atoms with van der Waals surface area (Å²) in [4.78, 5) is 26.0. The summed E-state index contributed by atoms with van der Waals surface area (Å²) in [6.45, 7) is 18.4. The van der Waals surface area contributed by atoms with Crippen LogP contribution >= 0.6 is 11.8 Å². The lowest BCUT2D eigenvalue weighted by Gasteiger charge is -2.21. The van der Waals surface area contributed by atoms with Crippen molar-refractivity contribution >= 4 is 23.7 Å². The summed E-state index contributed by atoms with van der Waals surface area (Å²) in [5.74, 6) is 0.425. The molecule has 0 saturated carbocycles. The minimum absolute atomic E-state index is 0.341. The molecule has 0 amide bonds. The van der Waals surface area contributed by atoms with E-state index < -0.39 is 24.5 Å². The summed E-state index contributed by atoms with van der Waals surface area (Å²) >= 11 is 1.62. The molecule has 0 aromatic heterocycles. The van der Waals surface area contributed by atoms with Gasteiger partial charge in [-0.3, -0.25) is 0 Å². The van der Waals surface area contributed by atoms with E-state index in [1.165, 1.54) is 0 Å². The molecule has 2 atom stereocenters. The van der Waals surface area contributed by atoms with Crippen LogP contribution in [0.4, 0.5) is 0 Å². The lowest BCUT2D eigenvalue weighted by atomic mass is 10.2. The Hall–Kier alpha value is -3.19. The van der Waals surface area contributed by atoms with Crippen molar-refractivity contribution < 1.29 is 28.5 Å². The molecular weight excluding hydrogens is 488 g/mol. The van der Waals surface area contributed by atoms with Gasteiger partial charge in [0.15, 0.2) is 0 Å². The number of hydrogen-bond donors (Lipinski definition) is 0.